The average molecular weight is 1920 g/mol. The summed E-state index contributed by atoms with van der Waals surface area (Å²) in [5.74, 6) is -1.63. The predicted molar refractivity (Wildman–Crippen MR) is 504 cm³/mol. The first-order chi connectivity index (χ1) is 60.9. The second-order valence-electron chi connectivity index (χ2n) is 31.9. The van der Waals surface area contributed by atoms with Crippen molar-refractivity contribution < 1.29 is 61.1 Å². The van der Waals surface area contributed by atoms with Crippen molar-refractivity contribution in [2.24, 2.45) is 51.6 Å². The second kappa shape index (κ2) is 46.8. The Morgan fingerprint density at radius 2 is 0.570 bits per heavy atom. The third kappa shape index (κ3) is 28.5. The Bertz CT molecular complexity index is 5120. The minimum Gasteiger partial charge on any atom is -0.497 e. The molecule has 128 heavy (non-hydrogen) atoms. The molecule has 9 heterocycles. The highest BCUT2D eigenvalue weighted by atomic mass is 79.9. The minimum atomic E-state index is -0.544. The Hall–Kier alpha value is -11.0. The van der Waals surface area contributed by atoms with Gasteiger partial charge in [0.15, 0.2) is 0 Å². The molecule has 9 aliphatic rings. The van der Waals surface area contributed by atoms with Crippen LogP contribution in [0.15, 0.2) is 167 Å². The quantitative estimate of drug-likeness (QED) is 0.0726. The van der Waals surface area contributed by atoms with E-state index in [-0.39, 0.29) is 88.7 Å². The highest BCUT2D eigenvalue weighted by Gasteiger charge is 2.29. The van der Waals surface area contributed by atoms with Crippen molar-refractivity contribution in [1.29, 1.82) is 0 Å². The van der Waals surface area contributed by atoms with Crippen LogP contribution >= 0.6 is 55.1 Å². The molecule has 0 radical (unpaired) electrons. The van der Waals surface area contributed by atoms with Crippen molar-refractivity contribution in [3.63, 3.8) is 0 Å². The van der Waals surface area contributed by atoms with Gasteiger partial charge in [-0.15, -0.1) is 0 Å². The normalized spacial score (nSPS) is 20.8. The van der Waals surface area contributed by atoms with Crippen molar-refractivity contribution in [2.45, 2.75) is 184 Å². The maximum atomic E-state index is 13.7. The Morgan fingerprint density at radius 1 is 0.289 bits per heavy atom. The number of rotatable bonds is 1. The Balaban J connectivity index is 0.000000150. The maximum absolute atomic E-state index is 13.7. The van der Waals surface area contributed by atoms with Crippen LogP contribution in [0.4, 0.5) is 64.4 Å². The fourth-order valence-electron chi connectivity index (χ4n) is 14.5. The lowest BCUT2D eigenvalue weighted by Gasteiger charge is -2.09. The van der Waals surface area contributed by atoms with Crippen LogP contribution in [0, 0.1) is 31.3 Å². The van der Waals surface area contributed by atoms with Gasteiger partial charge in [-0.05, 0) is 288 Å². The zero-order valence-corrected chi connectivity index (χ0v) is 75.5. The van der Waals surface area contributed by atoms with Gasteiger partial charge in [-0.3, -0.25) is 43.2 Å². The van der Waals surface area contributed by atoms with Crippen LogP contribution in [0.2, 0.25) is 10.0 Å². The van der Waals surface area contributed by atoms with E-state index in [0.717, 1.165) is 138 Å². The number of halogens is 7. The summed E-state index contributed by atoms with van der Waals surface area (Å²) in [4.78, 5) is 103. The first-order valence-electron chi connectivity index (χ1n) is 41.8. The lowest BCUT2D eigenvalue weighted by molar-refractivity contribution is -0.118. The highest BCUT2D eigenvalue weighted by Crippen LogP contribution is 2.34. The molecule has 0 saturated heterocycles. The summed E-state index contributed by atoms with van der Waals surface area (Å²) in [6, 6.07) is 42.8. The topological polar surface area (TPSA) is 505 Å². The number of nitrogens with two attached hydrogens (primary N) is 9. The van der Waals surface area contributed by atoms with Crippen LogP contribution in [-0.2, 0) is 101 Å². The lowest BCUT2D eigenvalue weighted by Crippen LogP contribution is -2.34. The Kier molecular flexibility index (Phi) is 36.3. The molecule has 0 aromatic heterocycles. The van der Waals surface area contributed by atoms with Crippen LogP contribution in [0.1, 0.15) is 119 Å². The van der Waals surface area contributed by atoms with Crippen LogP contribution in [0.5, 0.6) is 5.75 Å². The van der Waals surface area contributed by atoms with Crippen molar-refractivity contribution >= 4 is 159 Å². The molecule has 0 unspecified atom stereocenters. The summed E-state index contributed by atoms with van der Waals surface area (Å²) in [6.45, 7) is 3.72. The van der Waals surface area contributed by atoms with Gasteiger partial charge >= 0.3 is 0 Å². The number of amides is 9. The molecular weight excluding hydrogens is 1820 g/mol. The summed E-state index contributed by atoms with van der Waals surface area (Å²) in [7, 11) is 1.60. The number of nitrogens with one attached hydrogen (secondary N) is 9. The molecule has 0 fully saturated rings. The Labute approximate surface area is 767 Å². The van der Waals surface area contributed by atoms with Crippen molar-refractivity contribution in [2.75, 3.05) is 55.0 Å². The van der Waals surface area contributed by atoms with Gasteiger partial charge in [-0.2, -0.15) is 0 Å². The van der Waals surface area contributed by atoms with Gasteiger partial charge in [0.2, 0.25) is 53.2 Å². The number of benzene rings is 9. The third-order valence-electron chi connectivity index (χ3n) is 22.3. The standard InChI is InChI=1S/C11H13FN2O.C11H14N2O2.C11H14N2O.2C10H11BrN2O.2C10H11ClN2O.2C10H11FN2O/c1-6-2-3-7-4-5-8(13)11(15)14-10(7)9(6)12;1-15-8-4-2-7-3-5-9(12)11(14)13-10(7)6-8;1-7-2-5-10-8(6-7)3-4-9(12)11(14)13-10;11-7-2-4-9-6(5-7)1-3-8(12)10(14)13-9;11-7-3-1-6-2-4-8(12)10(14)13-9(6)5-7;11-7-2-4-9-6(5-7)1-3-8(12)10(14)13-9;11-7-3-1-6-2-4-8(12)10(14)13-9(6)5-7;11-7-2-4-9-6(5-7)1-3-8(12)10(14)13-9;11-7-3-1-6-2-4-8(12)10(14)13-9(6)5-7/h2-3,8H,4-5,13H2,1H3,(H,14,15);2,4,6,9H,3,5,12H2,1H3,(H,13,14);2,5-6,9H,3-4,12H2,1H3,(H,13,14);2,4-5,8H,1,3,12H2,(H,13,14);1,3,5,8H,2,4,12H2,(H,13,14);2,4-5,8H,1,3,12H2,(H,13,14);1,3,5,8H,2,4,12H2,(H,13,14);2,4-5,8H,1,3,12H2,(H,13,14);1,3,5,8H,2,4,12H2,(H,13,14)/t8-;2*9-;6*8-/m000000000/s1. The molecule has 9 atom stereocenters. The largest absolute Gasteiger partial charge is 0.497 e. The molecule has 28 nitrogen and oxygen atoms in total. The van der Waals surface area contributed by atoms with Gasteiger partial charge < -0.3 is 104 Å². The third-order valence-corrected chi connectivity index (χ3v) is 23.7. The molecule has 27 N–H and O–H groups in total. The number of hydrogen-bond donors (Lipinski definition) is 18. The number of hydrogen-bond acceptors (Lipinski definition) is 19. The molecule has 0 aliphatic carbocycles. The molecule has 678 valence electrons. The summed E-state index contributed by atoms with van der Waals surface area (Å²) in [6.07, 6.45) is 12.8. The van der Waals surface area contributed by atoms with Crippen LogP contribution in [0.25, 0.3) is 0 Å². The van der Waals surface area contributed by atoms with Gasteiger partial charge in [-0.1, -0.05) is 109 Å². The summed E-state index contributed by atoms with van der Waals surface area (Å²) in [5.41, 5.74) is 68.5. The van der Waals surface area contributed by atoms with Gasteiger partial charge in [0.25, 0.3) is 0 Å². The van der Waals surface area contributed by atoms with Crippen LogP contribution < -0.4 is 104 Å². The molecule has 0 saturated carbocycles. The predicted octanol–water partition coefficient (Wildman–Crippen LogP) is 12.0. The molecule has 9 amide bonds. The van der Waals surface area contributed by atoms with Gasteiger partial charge in [0.1, 0.15) is 23.2 Å². The van der Waals surface area contributed by atoms with Gasteiger partial charge in [-0.25, -0.2) is 13.2 Å². The monoisotopic (exact) mass is 1920 g/mol. The fraction of sp³-hybridized carbons (Fsp3) is 0.323. The number of anilines is 9. The molecule has 9 aliphatic heterocycles. The molecule has 0 spiro atoms. The summed E-state index contributed by atoms with van der Waals surface area (Å²) >= 11 is 18.5. The number of ether oxygens (including phenoxy) is 1. The summed E-state index contributed by atoms with van der Waals surface area (Å²) < 4.78 is 46.5. The molecule has 35 heteroatoms. The highest BCUT2D eigenvalue weighted by molar-refractivity contribution is 9.10. The SMILES string of the molecule is COc1ccc2c(c1)NC(=O)[C@@H](N)CC2.Cc1ccc2c(c1)CC[C@H](N)C(=O)N2.Cc1ccc2c(c1F)NC(=O)[C@@H](N)CC2.N[C@H]1CCc2cc(Br)ccc2NC1=O.N[C@H]1CCc2cc(Cl)ccc2NC1=O.N[C@H]1CCc2cc(F)ccc2NC1=O.N[C@H]1CCc2ccc(Br)cc2NC1=O.N[C@H]1CCc2ccc(Cl)cc2NC1=O.N[C@H]1CCc2ccc(F)cc2NC1=O. The van der Waals surface area contributed by atoms with E-state index in [1.165, 1.54) is 35.4 Å². The van der Waals surface area contributed by atoms with E-state index >= 15 is 0 Å². The van der Waals surface area contributed by atoms with E-state index in [2.05, 4.69) is 85.8 Å². The van der Waals surface area contributed by atoms with E-state index in [0.29, 0.717) is 103 Å². The first kappa shape index (κ1) is 99.1. The van der Waals surface area contributed by atoms with Gasteiger partial charge in [0, 0.05) is 70.6 Å². The number of carbonyl (C=O) groups excluding carboxylic acids is 9. The molecule has 18 rings (SSSR count). The van der Waals surface area contributed by atoms with Crippen LogP contribution in [-0.4, -0.2) is 115 Å². The van der Waals surface area contributed by atoms with E-state index in [4.69, 9.17) is 79.5 Å². The van der Waals surface area contributed by atoms with Crippen molar-refractivity contribution in [3.05, 3.63) is 255 Å². The number of methoxy groups -OCH3 is 1. The average Bonchev–Trinajstić information content (AvgIpc) is 1.62. The van der Waals surface area contributed by atoms with Crippen LogP contribution in [0.3, 0.4) is 0 Å². The maximum Gasteiger partial charge on any atom is 0.241 e. The minimum absolute atomic E-state index is 0.0763. The van der Waals surface area contributed by atoms with E-state index in [1.807, 2.05) is 104 Å². The van der Waals surface area contributed by atoms with E-state index < -0.39 is 36.3 Å². The zero-order chi connectivity index (χ0) is 92.7. The number of fused-ring (bicyclic) bond motifs is 9. The number of carbonyl (C=O) groups is 9. The lowest BCUT2D eigenvalue weighted by atomic mass is 10.0. The zero-order valence-electron chi connectivity index (χ0n) is 70.9. The Morgan fingerprint density at radius 3 is 1.02 bits per heavy atom. The summed E-state index contributed by atoms with van der Waals surface area (Å²) in [5, 5.41) is 25.9. The van der Waals surface area contributed by atoms with E-state index in [1.54, 1.807) is 44.4 Å². The van der Waals surface area contributed by atoms with Gasteiger partial charge in [0.05, 0.1) is 67.2 Å². The van der Waals surface area contributed by atoms with Crippen molar-refractivity contribution in [3.8, 4) is 5.75 Å². The molecular formula is C93H107Br2Cl2F3N18O10. The first-order valence-corrected chi connectivity index (χ1v) is 44.1. The fourth-order valence-corrected chi connectivity index (χ4v) is 15.6. The second-order valence-corrected chi connectivity index (χ2v) is 34.6. The molecule has 9 aromatic carbocycles. The van der Waals surface area contributed by atoms with Crippen molar-refractivity contribution in [1.82, 2.24) is 0 Å². The molecule has 9 aromatic rings. The molecule has 0 bridgehead atoms. The number of aryl methyl sites for hydroxylation is 11. The van der Waals surface area contributed by atoms with E-state index in [9.17, 15) is 56.3 Å². The smallest absolute Gasteiger partial charge is 0.241 e.